The average Bonchev–Trinajstić information content (AvgIpc) is 3.14. The van der Waals surface area contributed by atoms with Crippen LogP contribution in [0.15, 0.2) is 12.3 Å². The minimum Gasteiger partial charge on any atom is -0.480 e. The summed E-state index contributed by atoms with van der Waals surface area (Å²) in [6.45, 7) is 0.126. The minimum absolute atomic E-state index is 0.116. The van der Waals surface area contributed by atoms with Crippen LogP contribution >= 0.6 is 23.2 Å². The predicted molar refractivity (Wildman–Crippen MR) is 70.5 cm³/mol. The number of nitrogens with zero attached hydrogens (tertiary/aromatic N) is 2. The van der Waals surface area contributed by atoms with Crippen molar-refractivity contribution in [2.45, 2.75) is 12.8 Å². The molecule has 0 unspecified atom stereocenters. The number of aliphatic carboxylic acids is 1. The Kier molecular flexibility index (Phi) is 4.27. The fourth-order valence-electron chi connectivity index (χ4n) is 1.72. The highest BCUT2D eigenvalue weighted by Crippen LogP contribution is 2.30. The summed E-state index contributed by atoms with van der Waals surface area (Å²) in [7, 11) is 0. The molecule has 0 spiro atoms. The Morgan fingerprint density at radius 1 is 1.42 bits per heavy atom. The van der Waals surface area contributed by atoms with E-state index in [2.05, 4.69) is 4.98 Å². The van der Waals surface area contributed by atoms with Crippen LogP contribution in [0, 0.1) is 5.92 Å². The molecule has 1 aromatic rings. The maximum Gasteiger partial charge on any atom is 0.323 e. The van der Waals surface area contributed by atoms with Crippen molar-refractivity contribution in [3.8, 4) is 0 Å². The number of carboxylic acid groups (broad SMARTS) is 1. The third-order valence-electron chi connectivity index (χ3n) is 2.83. The Labute approximate surface area is 120 Å². The van der Waals surface area contributed by atoms with Gasteiger partial charge in [-0.25, -0.2) is 4.98 Å². The fraction of sp³-hybridized carbons (Fsp3) is 0.417. The number of hydrogen-bond donors (Lipinski definition) is 1. The van der Waals surface area contributed by atoms with Crippen LogP contribution in [0.3, 0.4) is 0 Å². The van der Waals surface area contributed by atoms with Crippen LogP contribution in [-0.2, 0) is 4.79 Å². The lowest BCUT2D eigenvalue weighted by Crippen LogP contribution is -2.37. The first-order valence-corrected chi connectivity index (χ1v) is 6.55. The molecule has 19 heavy (non-hydrogen) atoms. The topological polar surface area (TPSA) is 70.5 Å². The first kappa shape index (κ1) is 14.1. The molecular weight excluding hydrogens is 291 g/mol. The van der Waals surface area contributed by atoms with Gasteiger partial charge in [-0.05, 0) is 24.8 Å². The molecule has 1 aromatic heterocycles. The number of pyridine rings is 1. The van der Waals surface area contributed by atoms with E-state index < -0.39 is 5.97 Å². The van der Waals surface area contributed by atoms with Gasteiger partial charge in [-0.3, -0.25) is 9.59 Å². The van der Waals surface area contributed by atoms with Crippen LogP contribution in [0.1, 0.15) is 23.2 Å². The van der Waals surface area contributed by atoms with Crippen LogP contribution < -0.4 is 0 Å². The molecule has 1 amide bonds. The second kappa shape index (κ2) is 5.75. The Bertz CT molecular complexity index is 518. The predicted octanol–water partition coefficient (Wildman–Crippen LogP) is 2.33. The highest BCUT2D eigenvalue weighted by atomic mass is 35.5. The van der Waals surface area contributed by atoms with Crippen molar-refractivity contribution in [1.29, 1.82) is 0 Å². The monoisotopic (exact) mass is 302 g/mol. The molecule has 7 heteroatoms. The summed E-state index contributed by atoms with van der Waals surface area (Å²) in [5.41, 5.74) is 0.247. The fourth-order valence-corrected chi connectivity index (χ4v) is 1.99. The SMILES string of the molecule is O=C(O)CN(CC1CC1)C(=O)c1cnc(Cl)c(Cl)c1. The number of amides is 1. The summed E-state index contributed by atoms with van der Waals surface area (Å²) in [5.74, 6) is -1.03. The molecule has 0 atom stereocenters. The molecule has 1 heterocycles. The van der Waals surface area contributed by atoms with Gasteiger partial charge in [0.25, 0.3) is 5.91 Å². The molecule has 0 aliphatic heterocycles. The van der Waals surface area contributed by atoms with Gasteiger partial charge in [0.15, 0.2) is 0 Å². The van der Waals surface area contributed by atoms with E-state index in [-0.39, 0.29) is 28.2 Å². The molecule has 0 aromatic carbocycles. The standard InChI is InChI=1S/C12H12Cl2N2O3/c13-9-3-8(4-15-11(9)14)12(19)16(6-10(17)18)5-7-1-2-7/h3-4,7H,1-2,5-6H2,(H,17,18). The number of aromatic nitrogens is 1. The van der Waals surface area contributed by atoms with Gasteiger partial charge >= 0.3 is 5.97 Å². The van der Waals surface area contributed by atoms with E-state index >= 15 is 0 Å². The zero-order valence-corrected chi connectivity index (χ0v) is 11.5. The zero-order valence-electron chi connectivity index (χ0n) is 9.97. The van der Waals surface area contributed by atoms with Gasteiger partial charge in [-0.1, -0.05) is 23.2 Å². The van der Waals surface area contributed by atoms with Gasteiger partial charge in [0.05, 0.1) is 10.6 Å². The average molecular weight is 303 g/mol. The van der Waals surface area contributed by atoms with Gasteiger partial charge < -0.3 is 10.0 Å². The number of rotatable bonds is 5. The van der Waals surface area contributed by atoms with E-state index in [4.69, 9.17) is 28.3 Å². The Morgan fingerprint density at radius 3 is 2.63 bits per heavy atom. The normalized spacial score (nSPS) is 14.2. The first-order chi connectivity index (χ1) is 8.97. The molecule has 0 radical (unpaired) electrons. The zero-order chi connectivity index (χ0) is 14.0. The lowest BCUT2D eigenvalue weighted by atomic mass is 10.2. The summed E-state index contributed by atoms with van der Waals surface area (Å²) >= 11 is 11.5. The summed E-state index contributed by atoms with van der Waals surface area (Å²) in [4.78, 5) is 28.1. The highest BCUT2D eigenvalue weighted by molar-refractivity contribution is 6.41. The number of carbonyl (C=O) groups excluding carboxylic acids is 1. The van der Waals surface area contributed by atoms with E-state index in [1.54, 1.807) is 0 Å². The molecule has 2 rings (SSSR count). The maximum absolute atomic E-state index is 12.2. The van der Waals surface area contributed by atoms with E-state index in [1.165, 1.54) is 17.2 Å². The Balaban J connectivity index is 2.16. The van der Waals surface area contributed by atoms with E-state index in [1.807, 2.05) is 0 Å². The summed E-state index contributed by atoms with van der Waals surface area (Å²) in [5, 5.41) is 9.15. The third kappa shape index (κ3) is 3.81. The van der Waals surface area contributed by atoms with Gasteiger partial charge in [0.1, 0.15) is 11.7 Å². The number of carboxylic acids is 1. The van der Waals surface area contributed by atoms with Crippen molar-refractivity contribution in [2.75, 3.05) is 13.1 Å². The van der Waals surface area contributed by atoms with Crippen molar-refractivity contribution >= 4 is 35.1 Å². The Hall–Kier alpha value is -1.33. The van der Waals surface area contributed by atoms with Crippen molar-refractivity contribution < 1.29 is 14.7 Å². The number of halogens is 2. The van der Waals surface area contributed by atoms with Crippen LogP contribution in [0.2, 0.25) is 10.2 Å². The van der Waals surface area contributed by atoms with Gasteiger partial charge in [0, 0.05) is 12.7 Å². The molecule has 1 fully saturated rings. The molecule has 1 saturated carbocycles. The first-order valence-electron chi connectivity index (χ1n) is 5.79. The van der Waals surface area contributed by atoms with Gasteiger partial charge in [-0.2, -0.15) is 0 Å². The Morgan fingerprint density at radius 2 is 2.11 bits per heavy atom. The third-order valence-corrected chi connectivity index (χ3v) is 3.52. The lowest BCUT2D eigenvalue weighted by molar-refractivity contribution is -0.137. The van der Waals surface area contributed by atoms with Crippen LogP contribution in [0.25, 0.3) is 0 Å². The van der Waals surface area contributed by atoms with Crippen LogP contribution in [0.5, 0.6) is 0 Å². The molecular formula is C12H12Cl2N2O3. The smallest absolute Gasteiger partial charge is 0.323 e. The van der Waals surface area contributed by atoms with Gasteiger partial charge in [-0.15, -0.1) is 0 Å². The lowest BCUT2D eigenvalue weighted by Gasteiger charge is -2.20. The highest BCUT2D eigenvalue weighted by Gasteiger charge is 2.28. The minimum atomic E-state index is -1.04. The maximum atomic E-state index is 12.2. The summed E-state index contributed by atoms with van der Waals surface area (Å²) in [6.07, 6.45) is 3.37. The molecule has 5 nitrogen and oxygen atoms in total. The van der Waals surface area contributed by atoms with E-state index in [0.717, 1.165) is 12.8 Å². The summed E-state index contributed by atoms with van der Waals surface area (Å²) < 4.78 is 0. The second-order valence-corrected chi connectivity index (χ2v) is 5.28. The molecule has 0 saturated heterocycles. The molecule has 1 aliphatic rings. The molecule has 102 valence electrons. The van der Waals surface area contributed by atoms with Crippen molar-refractivity contribution in [1.82, 2.24) is 9.88 Å². The summed E-state index contributed by atoms with van der Waals surface area (Å²) in [6, 6.07) is 1.40. The van der Waals surface area contributed by atoms with E-state index in [0.29, 0.717) is 12.5 Å². The van der Waals surface area contributed by atoms with Crippen molar-refractivity contribution in [3.63, 3.8) is 0 Å². The van der Waals surface area contributed by atoms with Crippen molar-refractivity contribution in [3.05, 3.63) is 28.0 Å². The molecule has 0 bridgehead atoms. The largest absolute Gasteiger partial charge is 0.480 e. The quantitative estimate of drug-likeness (QED) is 0.847. The van der Waals surface area contributed by atoms with Crippen molar-refractivity contribution in [2.24, 2.45) is 5.92 Å². The number of hydrogen-bond acceptors (Lipinski definition) is 3. The second-order valence-electron chi connectivity index (χ2n) is 4.52. The van der Waals surface area contributed by atoms with Crippen LogP contribution in [-0.4, -0.2) is 40.0 Å². The molecule has 1 N–H and O–H groups in total. The van der Waals surface area contributed by atoms with Gasteiger partial charge in [0.2, 0.25) is 0 Å². The van der Waals surface area contributed by atoms with E-state index in [9.17, 15) is 9.59 Å². The van der Waals surface area contributed by atoms with Crippen LogP contribution in [0.4, 0.5) is 0 Å². The number of carbonyl (C=O) groups is 2. The molecule has 1 aliphatic carbocycles.